The van der Waals surface area contributed by atoms with Crippen LogP contribution in [0.25, 0.3) is 0 Å². The van der Waals surface area contributed by atoms with Gasteiger partial charge in [-0.25, -0.2) is 4.79 Å². The number of rotatable bonds is 3. The molecule has 2 saturated heterocycles. The van der Waals surface area contributed by atoms with E-state index in [1.54, 1.807) is 4.68 Å². The molecule has 23 heavy (non-hydrogen) atoms. The van der Waals surface area contributed by atoms with Crippen molar-refractivity contribution in [1.82, 2.24) is 24.9 Å². The maximum absolute atomic E-state index is 12.7. The van der Waals surface area contributed by atoms with Crippen LogP contribution in [0, 0.1) is 13.8 Å². The van der Waals surface area contributed by atoms with Gasteiger partial charge in [-0.15, -0.1) is 0 Å². The van der Waals surface area contributed by atoms with Crippen LogP contribution in [0.5, 0.6) is 0 Å². The molecule has 0 spiro atoms. The van der Waals surface area contributed by atoms with Gasteiger partial charge in [-0.1, -0.05) is 0 Å². The highest BCUT2D eigenvalue weighted by molar-refractivity contribution is 5.80. The third kappa shape index (κ3) is 3.04. The standard InChI is InChI=1S/C16H25N5O2/c1-11-10-12(2)21(18-11)13(3)15(22)19-7-4-14(5-8-19)20-9-6-17-16(20)23/h10,13-14H,4-9H2,1-3H3,(H,17,23). The van der Waals surface area contributed by atoms with Crippen molar-refractivity contribution in [3.8, 4) is 0 Å². The van der Waals surface area contributed by atoms with Crippen molar-refractivity contribution < 1.29 is 9.59 Å². The van der Waals surface area contributed by atoms with Crippen molar-refractivity contribution in [2.75, 3.05) is 26.2 Å². The average molecular weight is 319 g/mol. The zero-order chi connectivity index (χ0) is 16.6. The number of hydrogen-bond acceptors (Lipinski definition) is 3. The monoisotopic (exact) mass is 319 g/mol. The number of piperidine rings is 1. The molecule has 0 radical (unpaired) electrons. The van der Waals surface area contributed by atoms with Crippen LogP contribution in [-0.4, -0.2) is 63.7 Å². The first-order valence-corrected chi connectivity index (χ1v) is 8.33. The number of amides is 3. The Morgan fingerprint density at radius 3 is 2.52 bits per heavy atom. The van der Waals surface area contributed by atoms with Crippen molar-refractivity contribution in [3.63, 3.8) is 0 Å². The quantitative estimate of drug-likeness (QED) is 0.906. The second-order valence-corrected chi connectivity index (χ2v) is 6.53. The fraction of sp³-hybridized carbons (Fsp3) is 0.688. The molecule has 0 saturated carbocycles. The van der Waals surface area contributed by atoms with Crippen molar-refractivity contribution in [3.05, 3.63) is 17.5 Å². The minimum Gasteiger partial charge on any atom is -0.341 e. The maximum Gasteiger partial charge on any atom is 0.317 e. The summed E-state index contributed by atoms with van der Waals surface area (Å²) in [5.74, 6) is 0.112. The zero-order valence-electron chi connectivity index (χ0n) is 14.1. The predicted octanol–water partition coefficient (Wildman–Crippen LogP) is 1.08. The number of carbonyl (C=O) groups is 2. The fourth-order valence-electron chi connectivity index (χ4n) is 3.64. The van der Waals surface area contributed by atoms with E-state index in [4.69, 9.17) is 0 Å². The molecule has 3 rings (SSSR count). The van der Waals surface area contributed by atoms with Gasteiger partial charge in [-0.05, 0) is 39.7 Å². The van der Waals surface area contributed by atoms with Crippen LogP contribution in [0.15, 0.2) is 6.07 Å². The van der Waals surface area contributed by atoms with Gasteiger partial charge < -0.3 is 15.1 Å². The molecule has 1 aromatic heterocycles. The Morgan fingerprint density at radius 1 is 1.30 bits per heavy atom. The van der Waals surface area contributed by atoms with Gasteiger partial charge in [0.2, 0.25) is 5.91 Å². The number of carbonyl (C=O) groups excluding carboxylic acids is 2. The van der Waals surface area contributed by atoms with Crippen LogP contribution in [-0.2, 0) is 4.79 Å². The topological polar surface area (TPSA) is 70.5 Å². The lowest BCUT2D eigenvalue weighted by Crippen LogP contribution is -2.49. The third-order valence-corrected chi connectivity index (χ3v) is 4.88. The molecule has 1 atom stereocenters. The molecular weight excluding hydrogens is 294 g/mol. The van der Waals surface area contributed by atoms with Gasteiger partial charge in [-0.2, -0.15) is 5.10 Å². The minimum absolute atomic E-state index is 0.0331. The second-order valence-electron chi connectivity index (χ2n) is 6.53. The lowest BCUT2D eigenvalue weighted by atomic mass is 10.0. The average Bonchev–Trinajstić information content (AvgIpc) is 3.11. The first-order valence-electron chi connectivity index (χ1n) is 8.33. The van der Waals surface area contributed by atoms with Gasteiger partial charge in [0.1, 0.15) is 6.04 Å². The lowest BCUT2D eigenvalue weighted by Gasteiger charge is -2.37. The summed E-state index contributed by atoms with van der Waals surface area (Å²) in [6.07, 6.45) is 1.70. The predicted molar refractivity (Wildman–Crippen MR) is 86.1 cm³/mol. The molecule has 1 N–H and O–H groups in total. The molecular formula is C16H25N5O2. The van der Waals surface area contributed by atoms with Gasteiger partial charge in [0, 0.05) is 37.9 Å². The van der Waals surface area contributed by atoms with Crippen LogP contribution in [0.2, 0.25) is 0 Å². The second kappa shape index (κ2) is 6.22. The Labute approximate surface area is 136 Å². The van der Waals surface area contributed by atoms with Gasteiger partial charge >= 0.3 is 6.03 Å². The van der Waals surface area contributed by atoms with E-state index in [0.717, 1.165) is 37.3 Å². The summed E-state index contributed by atoms with van der Waals surface area (Å²) < 4.78 is 1.80. The minimum atomic E-state index is -0.282. The Balaban J connectivity index is 1.59. The number of nitrogens with one attached hydrogen (secondary N) is 1. The Bertz CT molecular complexity index is 604. The van der Waals surface area contributed by atoms with E-state index < -0.39 is 0 Å². The van der Waals surface area contributed by atoms with Gasteiger partial charge in [0.15, 0.2) is 0 Å². The van der Waals surface area contributed by atoms with E-state index in [0.29, 0.717) is 13.1 Å². The number of urea groups is 1. The first-order chi connectivity index (χ1) is 11.0. The van der Waals surface area contributed by atoms with E-state index in [1.165, 1.54) is 0 Å². The number of aromatic nitrogens is 2. The highest BCUT2D eigenvalue weighted by atomic mass is 16.2. The van der Waals surface area contributed by atoms with Crippen LogP contribution in [0.4, 0.5) is 4.79 Å². The molecule has 7 nitrogen and oxygen atoms in total. The number of likely N-dealkylation sites (tertiary alicyclic amines) is 1. The highest BCUT2D eigenvalue weighted by Crippen LogP contribution is 2.21. The van der Waals surface area contributed by atoms with Crippen molar-refractivity contribution in [2.45, 2.75) is 45.7 Å². The molecule has 126 valence electrons. The molecule has 0 bridgehead atoms. The molecule has 0 aromatic carbocycles. The van der Waals surface area contributed by atoms with E-state index in [9.17, 15) is 9.59 Å². The van der Waals surface area contributed by atoms with E-state index >= 15 is 0 Å². The van der Waals surface area contributed by atoms with Crippen LogP contribution in [0.3, 0.4) is 0 Å². The summed E-state index contributed by atoms with van der Waals surface area (Å²) in [4.78, 5) is 28.3. The summed E-state index contributed by atoms with van der Waals surface area (Å²) in [5.41, 5.74) is 1.94. The van der Waals surface area contributed by atoms with Crippen LogP contribution in [0.1, 0.15) is 37.2 Å². The first kappa shape index (κ1) is 15.8. The summed E-state index contributed by atoms with van der Waals surface area (Å²) in [6, 6.07) is 1.99. The summed E-state index contributed by atoms with van der Waals surface area (Å²) >= 11 is 0. The van der Waals surface area contributed by atoms with Gasteiger partial charge in [0.05, 0.1) is 5.69 Å². The Kier molecular flexibility index (Phi) is 4.28. The smallest absolute Gasteiger partial charge is 0.317 e. The third-order valence-electron chi connectivity index (χ3n) is 4.88. The molecule has 2 aliphatic heterocycles. The molecule has 2 fully saturated rings. The maximum atomic E-state index is 12.7. The molecule has 1 aromatic rings. The number of hydrogen-bond donors (Lipinski definition) is 1. The number of aryl methyl sites for hydroxylation is 2. The molecule has 3 amide bonds. The van der Waals surface area contributed by atoms with E-state index in [2.05, 4.69) is 10.4 Å². The number of nitrogens with zero attached hydrogens (tertiary/aromatic N) is 4. The van der Waals surface area contributed by atoms with Crippen molar-refractivity contribution >= 4 is 11.9 Å². The summed E-state index contributed by atoms with van der Waals surface area (Å²) in [7, 11) is 0. The summed E-state index contributed by atoms with van der Waals surface area (Å²) in [6.45, 7) is 8.73. The Hall–Kier alpha value is -2.05. The zero-order valence-corrected chi connectivity index (χ0v) is 14.1. The highest BCUT2D eigenvalue weighted by Gasteiger charge is 2.33. The SMILES string of the molecule is Cc1cc(C)n(C(C)C(=O)N2CCC(N3CCNC3=O)CC2)n1. The molecule has 7 heteroatoms. The normalized spacial score (nSPS) is 20.7. The van der Waals surface area contributed by atoms with Crippen LogP contribution >= 0.6 is 0 Å². The molecule has 2 aliphatic rings. The Morgan fingerprint density at radius 2 is 2.00 bits per heavy atom. The van der Waals surface area contributed by atoms with Crippen molar-refractivity contribution in [2.24, 2.45) is 0 Å². The molecule has 3 heterocycles. The molecule has 0 aliphatic carbocycles. The van der Waals surface area contributed by atoms with E-state index in [-0.39, 0.29) is 24.0 Å². The van der Waals surface area contributed by atoms with Gasteiger partial charge in [0.25, 0.3) is 0 Å². The van der Waals surface area contributed by atoms with Crippen LogP contribution < -0.4 is 5.32 Å². The van der Waals surface area contributed by atoms with Gasteiger partial charge in [-0.3, -0.25) is 9.48 Å². The largest absolute Gasteiger partial charge is 0.341 e. The molecule has 1 unspecified atom stereocenters. The fourth-order valence-corrected chi connectivity index (χ4v) is 3.64. The van der Waals surface area contributed by atoms with E-state index in [1.807, 2.05) is 36.6 Å². The summed E-state index contributed by atoms with van der Waals surface area (Å²) in [5, 5.41) is 7.27. The lowest BCUT2D eigenvalue weighted by molar-refractivity contribution is -0.136. The van der Waals surface area contributed by atoms with Crippen molar-refractivity contribution in [1.29, 1.82) is 0 Å².